The molecule has 5 heterocycles. The van der Waals surface area contributed by atoms with Crippen LogP contribution in [0.4, 0.5) is 11.8 Å². The highest BCUT2D eigenvalue weighted by Crippen LogP contribution is 2.31. The lowest BCUT2D eigenvalue weighted by molar-refractivity contribution is 0.0679. The summed E-state index contributed by atoms with van der Waals surface area (Å²) in [6.07, 6.45) is 7.35. The number of hydrogen-bond acceptors (Lipinski definition) is 12. The maximum Gasteiger partial charge on any atom is 0.277 e. The molecule has 3 N–H and O–H groups in total. The van der Waals surface area contributed by atoms with Crippen LogP contribution in [0.15, 0.2) is 36.1 Å². The number of aliphatic imine (C=N–C) groups is 1. The highest BCUT2D eigenvalue weighted by atomic mass is 16.5. The molecule has 5 rings (SSSR count). The fraction of sp³-hybridized carbons (Fsp3) is 0.381. The number of carbonyl (C=O) groups excluding carboxylic acids is 1. The molecule has 1 unspecified atom stereocenters. The van der Waals surface area contributed by atoms with Crippen LogP contribution >= 0.6 is 0 Å². The first kappa shape index (κ1) is 22.6. The summed E-state index contributed by atoms with van der Waals surface area (Å²) >= 11 is 0. The Kier molecular flexibility index (Phi) is 6.20. The summed E-state index contributed by atoms with van der Waals surface area (Å²) in [6, 6.07) is 0. The number of amides is 1. The van der Waals surface area contributed by atoms with Crippen molar-refractivity contribution in [2.45, 2.75) is 12.7 Å². The molecule has 1 amide bonds. The highest BCUT2D eigenvalue weighted by Gasteiger charge is 2.31. The number of aromatic nitrogens is 6. The number of anilines is 2. The molecule has 2 aliphatic heterocycles. The van der Waals surface area contributed by atoms with E-state index in [1.165, 1.54) is 18.7 Å². The number of carbonyl (C=O) groups is 1. The molecular weight excluding hydrogens is 454 g/mol. The number of ether oxygens (including phenoxy) is 1. The number of fused-ring (bicyclic) bond motifs is 1. The third-order valence-electron chi connectivity index (χ3n) is 5.85. The minimum atomic E-state index is -0.671. The number of nitrogens with zero attached hydrogens (tertiary/aromatic N) is 9. The van der Waals surface area contributed by atoms with E-state index < -0.39 is 5.91 Å². The molecule has 35 heavy (non-hydrogen) atoms. The standard InChI is InChI=1S/C21H25N11O3/c1-30(21-24-9-14(10-25-21)20(33)29-34)11-15-26-16-18(31(15)2)27-17(13-7-22-12-23-8-13)28-19(16)32-3-5-35-6-4-32/h7-10,12,17,27,34H,3-6,11H2,1-2H3,(H,29,33). The third-order valence-corrected chi connectivity index (χ3v) is 5.85. The third kappa shape index (κ3) is 4.48. The normalized spacial score (nSPS) is 17.3. The Morgan fingerprint density at radius 1 is 1.23 bits per heavy atom. The predicted octanol–water partition coefficient (Wildman–Crippen LogP) is -0.0414. The van der Waals surface area contributed by atoms with Gasteiger partial charge in [-0.15, -0.1) is 0 Å². The Balaban J connectivity index is 1.44. The summed E-state index contributed by atoms with van der Waals surface area (Å²) in [5, 5.41) is 12.2. The SMILES string of the molecule is CN(Cc1nc2c(n1C)NC(c1cncnc1)N=C2N1CCOCC1)c1ncc(C(=O)NO)cn1. The molecule has 0 radical (unpaired) electrons. The molecule has 0 aliphatic carbocycles. The van der Waals surface area contributed by atoms with E-state index in [0.717, 1.165) is 41.8 Å². The summed E-state index contributed by atoms with van der Waals surface area (Å²) < 4.78 is 7.52. The van der Waals surface area contributed by atoms with E-state index in [4.69, 9.17) is 19.9 Å². The van der Waals surface area contributed by atoms with Gasteiger partial charge in [-0.25, -0.2) is 35.4 Å². The summed E-state index contributed by atoms with van der Waals surface area (Å²) in [5.41, 5.74) is 3.34. The zero-order valence-corrected chi connectivity index (χ0v) is 19.3. The Hall–Kier alpha value is -4.17. The Bertz CT molecular complexity index is 1220. The molecule has 0 aromatic carbocycles. The lowest BCUT2D eigenvalue weighted by Gasteiger charge is -2.33. The highest BCUT2D eigenvalue weighted by molar-refractivity contribution is 6.03. The lowest BCUT2D eigenvalue weighted by atomic mass is 10.2. The van der Waals surface area contributed by atoms with Crippen LogP contribution in [0, 0.1) is 0 Å². The Morgan fingerprint density at radius 2 is 1.94 bits per heavy atom. The first-order chi connectivity index (χ1) is 17.0. The monoisotopic (exact) mass is 479 g/mol. The van der Waals surface area contributed by atoms with Gasteiger partial charge in [-0.3, -0.25) is 10.0 Å². The summed E-state index contributed by atoms with van der Waals surface area (Å²) in [6.45, 7) is 3.12. The van der Waals surface area contributed by atoms with Gasteiger partial charge in [-0.05, 0) is 0 Å². The number of rotatable bonds is 5. The van der Waals surface area contributed by atoms with Gasteiger partial charge in [-0.2, -0.15) is 0 Å². The van der Waals surface area contributed by atoms with Crippen molar-refractivity contribution in [3.63, 3.8) is 0 Å². The average Bonchev–Trinajstić information content (AvgIpc) is 3.23. The fourth-order valence-electron chi connectivity index (χ4n) is 3.95. The van der Waals surface area contributed by atoms with Gasteiger partial charge in [0.1, 0.15) is 23.7 Å². The number of hydrogen-bond donors (Lipinski definition) is 3. The average molecular weight is 480 g/mol. The van der Waals surface area contributed by atoms with E-state index in [9.17, 15) is 4.79 Å². The molecule has 0 bridgehead atoms. The molecule has 0 saturated carbocycles. The Labute approximate surface area is 200 Å². The smallest absolute Gasteiger partial charge is 0.277 e. The van der Waals surface area contributed by atoms with Crippen LogP contribution in [0.5, 0.6) is 0 Å². The second kappa shape index (κ2) is 9.60. The molecule has 3 aromatic heterocycles. The molecule has 14 nitrogen and oxygen atoms in total. The molecule has 182 valence electrons. The van der Waals surface area contributed by atoms with Crippen LogP contribution in [0.1, 0.15) is 33.6 Å². The zero-order chi connectivity index (χ0) is 24.4. The lowest BCUT2D eigenvalue weighted by Crippen LogP contribution is -2.43. The number of nitrogens with one attached hydrogen (secondary N) is 2. The van der Waals surface area contributed by atoms with Gasteiger partial charge in [0, 0.05) is 57.5 Å². The van der Waals surface area contributed by atoms with Gasteiger partial charge >= 0.3 is 0 Å². The molecule has 1 atom stereocenters. The molecule has 3 aromatic rings. The topological polar surface area (TPSA) is 159 Å². The van der Waals surface area contributed by atoms with Gasteiger partial charge in [0.2, 0.25) is 5.95 Å². The molecule has 0 spiro atoms. The summed E-state index contributed by atoms with van der Waals surface area (Å²) in [7, 11) is 3.78. The van der Waals surface area contributed by atoms with E-state index in [1.807, 2.05) is 23.6 Å². The van der Waals surface area contributed by atoms with Gasteiger partial charge < -0.3 is 24.4 Å². The predicted molar refractivity (Wildman–Crippen MR) is 124 cm³/mol. The minimum absolute atomic E-state index is 0.156. The molecule has 2 aliphatic rings. The summed E-state index contributed by atoms with van der Waals surface area (Å²) in [4.78, 5) is 42.2. The van der Waals surface area contributed by atoms with Crippen LogP contribution < -0.4 is 15.7 Å². The van der Waals surface area contributed by atoms with Gasteiger partial charge in [0.05, 0.1) is 25.3 Å². The molecular formula is C21H25N11O3. The molecule has 14 heteroatoms. The first-order valence-corrected chi connectivity index (χ1v) is 11.0. The van der Waals surface area contributed by atoms with Crippen LogP contribution in [-0.2, 0) is 18.3 Å². The maximum atomic E-state index is 11.5. The number of hydroxylamine groups is 1. The number of morpholine rings is 1. The van der Waals surface area contributed by atoms with Crippen molar-refractivity contribution < 1.29 is 14.7 Å². The van der Waals surface area contributed by atoms with E-state index in [0.29, 0.717) is 25.7 Å². The van der Waals surface area contributed by atoms with E-state index in [-0.39, 0.29) is 11.7 Å². The summed E-state index contributed by atoms with van der Waals surface area (Å²) in [5.74, 6) is 2.16. The molecule has 1 fully saturated rings. The van der Waals surface area contributed by atoms with Crippen LogP contribution in [0.25, 0.3) is 0 Å². The van der Waals surface area contributed by atoms with Crippen molar-refractivity contribution in [2.75, 3.05) is 43.6 Å². The van der Waals surface area contributed by atoms with Gasteiger partial charge in [-0.1, -0.05) is 0 Å². The van der Waals surface area contributed by atoms with Crippen LogP contribution in [0.3, 0.4) is 0 Å². The number of amidine groups is 1. The van der Waals surface area contributed by atoms with Crippen molar-refractivity contribution in [2.24, 2.45) is 12.0 Å². The van der Waals surface area contributed by atoms with E-state index in [2.05, 4.69) is 30.2 Å². The van der Waals surface area contributed by atoms with E-state index in [1.54, 1.807) is 17.9 Å². The second-order valence-electron chi connectivity index (χ2n) is 8.12. The van der Waals surface area contributed by atoms with Crippen molar-refractivity contribution in [3.8, 4) is 0 Å². The Morgan fingerprint density at radius 3 is 2.63 bits per heavy atom. The fourth-order valence-corrected chi connectivity index (χ4v) is 3.95. The first-order valence-electron chi connectivity index (χ1n) is 11.0. The molecule has 1 saturated heterocycles. The van der Waals surface area contributed by atoms with Crippen molar-refractivity contribution in [3.05, 3.63) is 53.8 Å². The van der Waals surface area contributed by atoms with Crippen molar-refractivity contribution in [1.82, 2.24) is 39.9 Å². The van der Waals surface area contributed by atoms with Gasteiger partial charge in [0.25, 0.3) is 5.91 Å². The quantitative estimate of drug-likeness (QED) is 0.333. The van der Waals surface area contributed by atoms with Crippen molar-refractivity contribution >= 4 is 23.5 Å². The second-order valence-corrected chi connectivity index (χ2v) is 8.12. The van der Waals surface area contributed by atoms with E-state index >= 15 is 0 Å². The largest absolute Gasteiger partial charge is 0.378 e. The zero-order valence-electron chi connectivity index (χ0n) is 19.3. The maximum absolute atomic E-state index is 11.5. The van der Waals surface area contributed by atoms with Gasteiger partial charge in [0.15, 0.2) is 12.0 Å². The van der Waals surface area contributed by atoms with Crippen LogP contribution in [-0.4, -0.2) is 84.7 Å². The number of imidazole rings is 1. The van der Waals surface area contributed by atoms with Crippen LogP contribution in [0.2, 0.25) is 0 Å². The van der Waals surface area contributed by atoms with Crippen molar-refractivity contribution in [1.29, 1.82) is 0 Å². The minimum Gasteiger partial charge on any atom is -0.378 e.